The van der Waals surface area contributed by atoms with Gasteiger partial charge in [0.2, 0.25) is 0 Å². The first kappa shape index (κ1) is 11.9. The van der Waals surface area contributed by atoms with Crippen molar-refractivity contribution in [2.75, 3.05) is 0 Å². The lowest BCUT2D eigenvalue weighted by Crippen LogP contribution is -2.15. The molecule has 0 heterocycles. The highest BCUT2D eigenvalue weighted by Gasteiger charge is 2.09. The van der Waals surface area contributed by atoms with Crippen LogP contribution in [-0.2, 0) is 6.42 Å². The van der Waals surface area contributed by atoms with E-state index in [-0.39, 0.29) is 11.7 Å². The van der Waals surface area contributed by atoms with Crippen molar-refractivity contribution >= 4 is 17.3 Å². The number of halogens is 1. The van der Waals surface area contributed by atoms with Gasteiger partial charge in [-0.2, -0.15) is 0 Å². The van der Waals surface area contributed by atoms with Crippen molar-refractivity contribution in [1.82, 2.24) is 0 Å². The van der Waals surface area contributed by atoms with Crippen LogP contribution in [0.15, 0.2) is 18.2 Å². The summed E-state index contributed by atoms with van der Waals surface area (Å²) in [6.45, 7) is 1.89. The second kappa shape index (κ2) is 5.09. The van der Waals surface area contributed by atoms with Gasteiger partial charge in [0.15, 0.2) is 0 Å². The molecule has 0 fully saturated rings. The molecule has 0 spiro atoms. The van der Waals surface area contributed by atoms with E-state index in [4.69, 9.17) is 17.3 Å². The number of nitrogens with zero attached hydrogens (tertiary/aromatic N) is 1. The Labute approximate surface area is 93.2 Å². The monoisotopic (exact) mass is 228 g/mol. The van der Waals surface area contributed by atoms with Crippen molar-refractivity contribution in [1.29, 1.82) is 0 Å². The van der Waals surface area contributed by atoms with Crippen LogP contribution in [0, 0.1) is 10.1 Å². The third-order valence-corrected chi connectivity index (χ3v) is 2.48. The van der Waals surface area contributed by atoms with E-state index in [0.717, 1.165) is 12.0 Å². The van der Waals surface area contributed by atoms with Gasteiger partial charge in [-0.15, -0.1) is 0 Å². The molecule has 2 N–H and O–H groups in total. The summed E-state index contributed by atoms with van der Waals surface area (Å²) in [5, 5.41) is 11.1. The van der Waals surface area contributed by atoms with Crippen LogP contribution in [0.4, 0.5) is 5.69 Å². The van der Waals surface area contributed by atoms with Gasteiger partial charge in [-0.3, -0.25) is 10.1 Å². The van der Waals surface area contributed by atoms with Crippen molar-refractivity contribution in [3.05, 3.63) is 38.9 Å². The fourth-order valence-corrected chi connectivity index (χ4v) is 1.46. The molecular formula is C10H13ClN2O2. The van der Waals surface area contributed by atoms with Crippen molar-refractivity contribution in [3.63, 3.8) is 0 Å². The molecule has 0 radical (unpaired) electrons. The van der Waals surface area contributed by atoms with Crippen LogP contribution in [0.25, 0.3) is 0 Å². The molecule has 5 heteroatoms. The molecule has 0 aromatic heterocycles. The van der Waals surface area contributed by atoms with E-state index >= 15 is 0 Å². The molecule has 4 nitrogen and oxygen atoms in total. The zero-order chi connectivity index (χ0) is 11.4. The Balaban J connectivity index is 2.85. The van der Waals surface area contributed by atoms with E-state index in [0.29, 0.717) is 11.4 Å². The number of hydrogen-bond acceptors (Lipinski definition) is 3. The molecule has 0 unspecified atom stereocenters. The Hall–Kier alpha value is -1.13. The Morgan fingerprint density at radius 1 is 1.60 bits per heavy atom. The molecule has 1 rings (SSSR count). The van der Waals surface area contributed by atoms with Crippen molar-refractivity contribution < 1.29 is 4.92 Å². The van der Waals surface area contributed by atoms with Crippen LogP contribution >= 0.6 is 11.6 Å². The van der Waals surface area contributed by atoms with Gasteiger partial charge < -0.3 is 5.73 Å². The summed E-state index contributed by atoms with van der Waals surface area (Å²) in [5.41, 5.74) is 6.46. The molecule has 0 amide bonds. The Morgan fingerprint density at radius 3 is 2.80 bits per heavy atom. The molecular weight excluding hydrogens is 216 g/mol. The van der Waals surface area contributed by atoms with Crippen LogP contribution in [0.1, 0.15) is 18.9 Å². The van der Waals surface area contributed by atoms with E-state index < -0.39 is 4.92 Å². The maximum atomic E-state index is 10.5. The second-order valence-corrected chi connectivity index (χ2v) is 3.96. The number of rotatable bonds is 4. The van der Waals surface area contributed by atoms with Crippen LogP contribution in [0.3, 0.4) is 0 Å². The minimum absolute atomic E-state index is 0.0686. The summed E-state index contributed by atoms with van der Waals surface area (Å²) in [6.07, 6.45) is 1.43. The normalized spacial score (nSPS) is 12.5. The fraction of sp³-hybridized carbons (Fsp3) is 0.400. The molecule has 0 saturated heterocycles. The Morgan fingerprint density at radius 2 is 2.27 bits per heavy atom. The van der Waals surface area contributed by atoms with Crippen molar-refractivity contribution in [3.8, 4) is 0 Å². The number of nitro groups is 1. The Kier molecular flexibility index (Phi) is 4.05. The first-order valence-corrected chi connectivity index (χ1v) is 5.07. The van der Waals surface area contributed by atoms with Crippen molar-refractivity contribution in [2.24, 2.45) is 5.73 Å². The molecule has 0 aliphatic rings. The lowest BCUT2D eigenvalue weighted by molar-refractivity contribution is -0.384. The summed E-state index contributed by atoms with van der Waals surface area (Å²) in [4.78, 5) is 10.1. The van der Waals surface area contributed by atoms with E-state index in [1.807, 2.05) is 6.92 Å². The van der Waals surface area contributed by atoms with Gasteiger partial charge in [0.25, 0.3) is 5.69 Å². The van der Waals surface area contributed by atoms with Gasteiger partial charge in [-0.1, -0.05) is 11.6 Å². The third kappa shape index (κ3) is 3.49. The zero-order valence-corrected chi connectivity index (χ0v) is 9.20. The number of non-ortho nitro benzene ring substituents is 1. The van der Waals surface area contributed by atoms with E-state index in [1.54, 1.807) is 6.07 Å². The lowest BCUT2D eigenvalue weighted by Gasteiger charge is -2.06. The van der Waals surface area contributed by atoms with Crippen LogP contribution in [-0.4, -0.2) is 11.0 Å². The summed E-state index contributed by atoms with van der Waals surface area (Å²) in [5.74, 6) is 0. The second-order valence-electron chi connectivity index (χ2n) is 3.55. The summed E-state index contributed by atoms with van der Waals surface area (Å²) < 4.78 is 0. The smallest absolute Gasteiger partial charge is 0.269 e. The number of benzene rings is 1. The molecule has 1 atom stereocenters. The quantitative estimate of drug-likeness (QED) is 0.636. The zero-order valence-electron chi connectivity index (χ0n) is 8.44. The predicted molar refractivity (Wildman–Crippen MR) is 60.1 cm³/mol. The van der Waals surface area contributed by atoms with Gasteiger partial charge in [0, 0.05) is 23.2 Å². The van der Waals surface area contributed by atoms with E-state index in [2.05, 4.69) is 0 Å². The molecule has 82 valence electrons. The maximum Gasteiger partial charge on any atom is 0.269 e. The molecule has 0 bridgehead atoms. The predicted octanol–water partition coefficient (Wildman–Crippen LogP) is 2.53. The number of nitro benzene ring substituents is 1. The number of aryl methyl sites for hydroxylation is 1. The lowest BCUT2D eigenvalue weighted by atomic mass is 10.1. The molecule has 0 saturated carbocycles. The maximum absolute atomic E-state index is 10.5. The summed E-state index contributed by atoms with van der Waals surface area (Å²) in [6, 6.07) is 4.53. The van der Waals surface area contributed by atoms with Crippen LogP contribution in [0.5, 0.6) is 0 Å². The summed E-state index contributed by atoms with van der Waals surface area (Å²) >= 11 is 5.92. The topological polar surface area (TPSA) is 69.2 Å². The summed E-state index contributed by atoms with van der Waals surface area (Å²) in [7, 11) is 0. The molecule has 0 aliphatic carbocycles. The third-order valence-electron chi connectivity index (χ3n) is 2.11. The molecule has 1 aromatic carbocycles. The van der Waals surface area contributed by atoms with Gasteiger partial charge >= 0.3 is 0 Å². The molecule has 1 aromatic rings. The number of hydrogen-bond donors (Lipinski definition) is 1. The highest BCUT2D eigenvalue weighted by molar-refractivity contribution is 6.31. The average molecular weight is 229 g/mol. The van der Waals surface area contributed by atoms with Crippen LogP contribution < -0.4 is 5.73 Å². The first-order valence-electron chi connectivity index (χ1n) is 4.69. The fourth-order valence-electron chi connectivity index (χ4n) is 1.25. The standard InChI is InChI=1S/C10H13ClN2O2/c1-7(12)2-3-8-6-9(13(14)15)4-5-10(8)11/h4-7H,2-3,12H2,1H3/t7-/m1/s1. The largest absolute Gasteiger partial charge is 0.328 e. The first-order chi connectivity index (χ1) is 7.00. The van der Waals surface area contributed by atoms with E-state index in [9.17, 15) is 10.1 Å². The van der Waals surface area contributed by atoms with Crippen molar-refractivity contribution in [2.45, 2.75) is 25.8 Å². The highest BCUT2D eigenvalue weighted by atomic mass is 35.5. The SMILES string of the molecule is C[C@@H](N)CCc1cc([N+](=O)[O-])ccc1Cl. The Bertz CT molecular complexity index is 366. The minimum Gasteiger partial charge on any atom is -0.328 e. The highest BCUT2D eigenvalue weighted by Crippen LogP contribution is 2.23. The molecule has 15 heavy (non-hydrogen) atoms. The van der Waals surface area contributed by atoms with Gasteiger partial charge in [0.05, 0.1) is 4.92 Å². The molecule has 0 aliphatic heterocycles. The van der Waals surface area contributed by atoms with E-state index in [1.165, 1.54) is 12.1 Å². The van der Waals surface area contributed by atoms with Crippen LogP contribution in [0.2, 0.25) is 5.02 Å². The van der Waals surface area contributed by atoms with Gasteiger partial charge in [0.1, 0.15) is 0 Å². The minimum atomic E-state index is -0.425. The van der Waals surface area contributed by atoms with Gasteiger partial charge in [-0.05, 0) is 31.4 Å². The van der Waals surface area contributed by atoms with Gasteiger partial charge in [-0.25, -0.2) is 0 Å². The number of nitrogens with two attached hydrogens (primary N) is 1. The average Bonchev–Trinajstić information content (AvgIpc) is 2.16.